The van der Waals surface area contributed by atoms with Crippen molar-refractivity contribution in [1.29, 1.82) is 0 Å². The average molecular weight is 349 g/mol. The lowest BCUT2D eigenvalue weighted by atomic mass is 9.97. The number of amides is 1. The maximum Gasteiger partial charge on any atom is 0.315 e. The Bertz CT molecular complexity index is 594. The van der Waals surface area contributed by atoms with Crippen molar-refractivity contribution in [2.45, 2.75) is 48.5 Å². The molecule has 0 atom stereocenters. The molecule has 0 spiro atoms. The molecule has 5 heteroatoms. The van der Waals surface area contributed by atoms with E-state index < -0.39 is 5.41 Å². The van der Waals surface area contributed by atoms with Gasteiger partial charge in [-0.1, -0.05) is 18.2 Å². The van der Waals surface area contributed by atoms with E-state index in [0.29, 0.717) is 17.6 Å². The van der Waals surface area contributed by atoms with Gasteiger partial charge >= 0.3 is 5.97 Å². The smallest absolute Gasteiger partial charge is 0.315 e. The van der Waals surface area contributed by atoms with Crippen LogP contribution < -0.4 is 5.32 Å². The number of rotatable bonds is 7. The van der Waals surface area contributed by atoms with Gasteiger partial charge in [0.05, 0.1) is 18.5 Å². The van der Waals surface area contributed by atoms with Gasteiger partial charge in [-0.3, -0.25) is 14.1 Å². The molecule has 0 aliphatic heterocycles. The lowest BCUT2D eigenvalue weighted by molar-refractivity contribution is -0.933. The third-order valence-electron chi connectivity index (χ3n) is 4.65. The van der Waals surface area contributed by atoms with Gasteiger partial charge in [0.15, 0.2) is 6.54 Å². The number of carbonyl (C=O) groups is 2. The van der Waals surface area contributed by atoms with Crippen molar-refractivity contribution in [2.75, 3.05) is 31.7 Å². The minimum Gasteiger partial charge on any atom is -0.415 e. The quantitative estimate of drug-likeness (QED) is 0.464. The fraction of sp³-hybridized carbons (Fsp3) is 0.600. The van der Waals surface area contributed by atoms with Crippen LogP contribution >= 0.6 is 0 Å². The van der Waals surface area contributed by atoms with Crippen molar-refractivity contribution >= 4 is 17.6 Å². The molecule has 0 aliphatic rings. The van der Waals surface area contributed by atoms with Gasteiger partial charge in [0.2, 0.25) is 6.73 Å². The summed E-state index contributed by atoms with van der Waals surface area (Å²) in [5.74, 6) is -0.306. The van der Waals surface area contributed by atoms with Gasteiger partial charge in [0.1, 0.15) is 0 Å². The second-order valence-corrected chi connectivity index (χ2v) is 7.76. The molecule has 1 aromatic carbocycles. The molecule has 0 saturated carbocycles. The number of hydrogen-bond donors (Lipinski definition) is 1. The van der Waals surface area contributed by atoms with E-state index >= 15 is 0 Å². The van der Waals surface area contributed by atoms with Gasteiger partial charge in [-0.15, -0.1) is 0 Å². The topological polar surface area (TPSA) is 55.4 Å². The van der Waals surface area contributed by atoms with Gasteiger partial charge in [-0.05, 0) is 59.6 Å². The number of likely N-dealkylation sites (N-methyl/N-ethyl adjacent to an activating group) is 1. The number of ether oxygens (including phenoxy) is 1. The summed E-state index contributed by atoms with van der Waals surface area (Å²) >= 11 is 0. The number of benzene rings is 1. The number of esters is 1. The molecule has 0 unspecified atom stereocenters. The van der Waals surface area contributed by atoms with Crippen molar-refractivity contribution in [3.8, 4) is 0 Å². The first-order valence-electron chi connectivity index (χ1n) is 8.93. The molecule has 5 nitrogen and oxygen atoms in total. The van der Waals surface area contributed by atoms with E-state index in [2.05, 4.69) is 5.32 Å². The highest BCUT2D eigenvalue weighted by molar-refractivity contribution is 5.93. The van der Waals surface area contributed by atoms with Crippen molar-refractivity contribution in [3.63, 3.8) is 0 Å². The first kappa shape index (κ1) is 21.2. The van der Waals surface area contributed by atoms with E-state index in [1.165, 1.54) is 0 Å². The molecule has 0 heterocycles. The summed E-state index contributed by atoms with van der Waals surface area (Å²) in [5, 5.41) is 3.03. The molecule has 0 aromatic heterocycles. The van der Waals surface area contributed by atoms with Crippen LogP contribution in [0.15, 0.2) is 18.2 Å². The number of nitrogens with one attached hydrogen (secondary N) is 1. The van der Waals surface area contributed by atoms with Crippen molar-refractivity contribution < 1.29 is 18.8 Å². The van der Waals surface area contributed by atoms with Crippen molar-refractivity contribution in [2.24, 2.45) is 5.41 Å². The van der Waals surface area contributed by atoms with Crippen LogP contribution in [0.1, 0.15) is 45.7 Å². The third kappa shape index (κ3) is 5.85. The number of hydrogen-bond acceptors (Lipinski definition) is 3. The minimum atomic E-state index is -0.544. The highest BCUT2D eigenvalue weighted by Gasteiger charge is 2.31. The monoisotopic (exact) mass is 349 g/mol. The largest absolute Gasteiger partial charge is 0.415 e. The molecule has 1 rings (SSSR count). The van der Waals surface area contributed by atoms with Crippen LogP contribution in [0, 0.1) is 19.3 Å². The normalized spacial score (nSPS) is 12.0. The summed E-state index contributed by atoms with van der Waals surface area (Å²) in [7, 11) is 0. The van der Waals surface area contributed by atoms with Crippen LogP contribution in [0.5, 0.6) is 0 Å². The first-order chi connectivity index (χ1) is 11.5. The number of anilines is 1. The zero-order chi connectivity index (χ0) is 19.3. The molecule has 1 amide bonds. The predicted octanol–water partition coefficient (Wildman–Crippen LogP) is 3.65. The summed E-state index contributed by atoms with van der Waals surface area (Å²) < 4.78 is 5.92. The second kappa shape index (κ2) is 8.48. The van der Waals surface area contributed by atoms with Crippen molar-refractivity contribution in [1.82, 2.24) is 0 Å². The Balaban J connectivity index is 2.82. The SMILES string of the molecule is CC[N+](CC)(COC(=O)C(C)(C)C)CC(=O)Nc1c(C)cccc1C. The number of carbonyl (C=O) groups excluding carboxylic acids is 2. The number of nitrogens with zero attached hydrogens (tertiary/aromatic N) is 1. The van der Waals surface area contributed by atoms with Crippen LogP contribution in [0.25, 0.3) is 0 Å². The van der Waals surface area contributed by atoms with E-state index in [4.69, 9.17) is 4.74 Å². The highest BCUT2D eigenvalue weighted by atomic mass is 16.5. The van der Waals surface area contributed by atoms with E-state index in [1.54, 1.807) is 0 Å². The van der Waals surface area contributed by atoms with Gasteiger partial charge in [0.25, 0.3) is 5.91 Å². The highest BCUT2D eigenvalue weighted by Crippen LogP contribution is 2.20. The summed E-state index contributed by atoms with van der Waals surface area (Å²) in [6.45, 7) is 15.4. The Morgan fingerprint density at radius 3 is 2.04 bits per heavy atom. The average Bonchev–Trinajstić information content (AvgIpc) is 2.54. The Kier molecular flexibility index (Phi) is 7.17. The minimum absolute atomic E-state index is 0.0621. The predicted molar refractivity (Wildman–Crippen MR) is 101 cm³/mol. The van der Waals surface area contributed by atoms with Crippen LogP contribution in [0.2, 0.25) is 0 Å². The van der Waals surface area contributed by atoms with Gasteiger partial charge in [-0.2, -0.15) is 0 Å². The van der Waals surface area contributed by atoms with Gasteiger partial charge in [0, 0.05) is 5.69 Å². The van der Waals surface area contributed by atoms with Crippen LogP contribution in [0.3, 0.4) is 0 Å². The zero-order valence-electron chi connectivity index (χ0n) is 16.7. The van der Waals surface area contributed by atoms with E-state index in [0.717, 1.165) is 16.8 Å². The van der Waals surface area contributed by atoms with E-state index in [1.807, 2.05) is 66.7 Å². The summed E-state index contributed by atoms with van der Waals surface area (Å²) in [4.78, 5) is 24.7. The lowest BCUT2D eigenvalue weighted by Gasteiger charge is -2.35. The molecule has 140 valence electrons. The summed E-state index contributed by atoms with van der Waals surface area (Å²) in [5.41, 5.74) is 2.40. The Morgan fingerprint density at radius 1 is 1.08 bits per heavy atom. The number of quaternary nitrogens is 1. The standard InChI is InChI=1S/C20H32N2O3/c1-8-22(9-2,14-25-19(24)20(5,6)7)13-17(23)21-18-15(3)11-10-12-16(18)4/h10-12H,8-9,13-14H2,1-7H3/p+1. The molecule has 0 aliphatic carbocycles. The molecular weight excluding hydrogens is 316 g/mol. The molecule has 0 fully saturated rings. The van der Waals surface area contributed by atoms with Crippen molar-refractivity contribution in [3.05, 3.63) is 29.3 Å². The zero-order valence-corrected chi connectivity index (χ0v) is 16.7. The molecule has 1 N–H and O–H groups in total. The Labute approximate surface area is 151 Å². The van der Waals surface area contributed by atoms with E-state index in [-0.39, 0.29) is 25.2 Å². The Morgan fingerprint density at radius 2 is 1.60 bits per heavy atom. The van der Waals surface area contributed by atoms with Gasteiger partial charge in [-0.25, -0.2) is 0 Å². The summed E-state index contributed by atoms with van der Waals surface area (Å²) in [6, 6.07) is 5.94. The maximum atomic E-state index is 12.6. The molecule has 25 heavy (non-hydrogen) atoms. The third-order valence-corrected chi connectivity index (χ3v) is 4.65. The van der Waals surface area contributed by atoms with Crippen LogP contribution in [-0.2, 0) is 14.3 Å². The second-order valence-electron chi connectivity index (χ2n) is 7.76. The summed E-state index contributed by atoms with van der Waals surface area (Å²) in [6.07, 6.45) is 0. The molecular formula is C20H33N2O3+. The maximum absolute atomic E-state index is 12.6. The Hall–Kier alpha value is -1.88. The molecule has 0 bridgehead atoms. The first-order valence-corrected chi connectivity index (χ1v) is 8.93. The molecule has 0 radical (unpaired) electrons. The number of aryl methyl sites for hydroxylation is 2. The fourth-order valence-corrected chi connectivity index (χ4v) is 2.58. The van der Waals surface area contributed by atoms with Crippen LogP contribution in [0.4, 0.5) is 5.69 Å². The van der Waals surface area contributed by atoms with Crippen LogP contribution in [-0.4, -0.2) is 42.7 Å². The fourth-order valence-electron chi connectivity index (χ4n) is 2.58. The number of para-hydroxylation sites is 1. The van der Waals surface area contributed by atoms with Gasteiger partial charge < -0.3 is 10.1 Å². The molecule has 1 aromatic rings. The van der Waals surface area contributed by atoms with E-state index in [9.17, 15) is 9.59 Å². The lowest BCUT2D eigenvalue weighted by Crippen LogP contribution is -2.54. The molecule has 0 saturated heterocycles.